The number of terminal acetylenes is 1. The van der Waals surface area contributed by atoms with E-state index in [1.54, 1.807) is 0 Å². The first-order valence-corrected chi connectivity index (χ1v) is 10.8. The van der Waals surface area contributed by atoms with E-state index in [0.29, 0.717) is 23.7 Å². The van der Waals surface area contributed by atoms with E-state index in [-0.39, 0.29) is 35.5 Å². The summed E-state index contributed by atoms with van der Waals surface area (Å²) in [6.07, 6.45) is 15.4. The lowest BCUT2D eigenvalue weighted by Crippen LogP contribution is -2.48. The molecule has 4 aliphatic carbocycles. The van der Waals surface area contributed by atoms with Gasteiger partial charge >= 0.3 is 11.9 Å². The molecule has 0 heterocycles. The van der Waals surface area contributed by atoms with Crippen LogP contribution in [0, 0.1) is 47.3 Å². The number of fused-ring (bicyclic) bond motifs is 5. The summed E-state index contributed by atoms with van der Waals surface area (Å²) in [5.74, 6) is 5.06. The molecule has 0 aromatic carbocycles. The molecule has 4 heteroatoms. The van der Waals surface area contributed by atoms with Crippen molar-refractivity contribution in [2.75, 3.05) is 0 Å². The molecule has 28 heavy (non-hydrogen) atoms. The van der Waals surface area contributed by atoms with Crippen LogP contribution in [0.1, 0.15) is 65.7 Å². The molecule has 4 nitrogen and oxygen atoms in total. The van der Waals surface area contributed by atoms with Gasteiger partial charge in [-0.05, 0) is 74.7 Å². The quantitative estimate of drug-likeness (QED) is 0.405. The molecule has 0 amide bonds. The Balaban J connectivity index is 1.55. The molecule has 4 aliphatic rings. The van der Waals surface area contributed by atoms with E-state index in [1.165, 1.54) is 32.3 Å². The molecule has 0 N–H and O–H groups in total. The molecule has 3 saturated carbocycles. The van der Waals surface area contributed by atoms with E-state index in [1.807, 2.05) is 0 Å². The van der Waals surface area contributed by atoms with Crippen molar-refractivity contribution in [1.29, 1.82) is 0 Å². The molecular weight excluding hydrogens is 352 g/mol. The molecule has 0 spiro atoms. The lowest BCUT2D eigenvalue weighted by Gasteiger charge is -2.53. The maximum Gasteiger partial charge on any atom is 0.303 e. The maximum atomic E-state index is 11.7. The van der Waals surface area contributed by atoms with Crippen molar-refractivity contribution in [2.24, 2.45) is 35.0 Å². The third-order valence-electron chi connectivity index (χ3n) is 8.20. The van der Waals surface area contributed by atoms with Crippen molar-refractivity contribution in [2.45, 2.75) is 77.9 Å². The largest absolute Gasteiger partial charge is 0.461 e. The van der Waals surface area contributed by atoms with Crippen molar-refractivity contribution >= 4 is 11.9 Å². The van der Waals surface area contributed by atoms with Gasteiger partial charge in [-0.15, -0.1) is 6.42 Å². The van der Waals surface area contributed by atoms with E-state index < -0.39 is 0 Å². The standard InChI is InChI=1S/C24H32O4/c1-5-16-13-22-21-8-6-17-12-18(27-14(2)25)7-9-19(17)20(21)10-11-24(22,4)23(16)28-15(3)26/h1,12,16,18-23H,6-11,13H2,2-4H3. The van der Waals surface area contributed by atoms with Gasteiger partial charge < -0.3 is 9.47 Å². The van der Waals surface area contributed by atoms with E-state index in [2.05, 4.69) is 18.9 Å². The molecule has 4 rings (SSSR count). The van der Waals surface area contributed by atoms with Gasteiger partial charge in [0, 0.05) is 19.3 Å². The summed E-state index contributed by atoms with van der Waals surface area (Å²) in [6.45, 7) is 5.29. The van der Waals surface area contributed by atoms with Crippen LogP contribution in [-0.4, -0.2) is 24.1 Å². The van der Waals surface area contributed by atoms with Crippen LogP contribution in [-0.2, 0) is 19.1 Å². The molecule has 0 aliphatic heterocycles. The number of esters is 2. The summed E-state index contributed by atoms with van der Waals surface area (Å²) in [7, 11) is 0. The van der Waals surface area contributed by atoms with E-state index >= 15 is 0 Å². The smallest absolute Gasteiger partial charge is 0.303 e. The number of carbonyl (C=O) groups excluding carboxylic acids is 2. The second kappa shape index (κ2) is 7.25. The summed E-state index contributed by atoms with van der Waals surface area (Å²) in [4.78, 5) is 23.0. The van der Waals surface area contributed by atoms with Gasteiger partial charge in [-0.25, -0.2) is 0 Å². The second-order valence-corrected chi connectivity index (χ2v) is 9.63. The van der Waals surface area contributed by atoms with Gasteiger partial charge in [0.2, 0.25) is 0 Å². The first kappa shape index (κ1) is 19.6. The predicted octanol–water partition coefficient (Wildman–Crippen LogP) is 4.28. The number of carbonyl (C=O) groups is 2. The van der Waals surface area contributed by atoms with Crippen molar-refractivity contribution in [1.82, 2.24) is 0 Å². The number of rotatable bonds is 2. The van der Waals surface area contributed by atoms with Gasteiger partial charge in [-0.2, -0.15) is 0 Å². The summed E-state index contributed by atoms with van der Waals surface area (Å²) in [6, 6.07) is 0. The first-order chi connectivity index (χ1) is 13.3. The molecule has 8 atom stereocenters. The lowest BCUT2D eigenvalue weighted by atomic mass is 9.52. The zero-order valence-electron chi connectivity index (χ0n) is 17.3. The Kier molecular flexibility index (Phi) is 5.06. The summed E-state index contributed by atoms with van der Waals surface area (Å²) < 4.78 is 11.2. The lowest BCUT2D eigenvalue weighted by molar-refractivity contribution is -0.157. The minimum atomic E-state index is -0.216. The van der Waals surface area contributed by atoms with Crippen LogP contribution < -0.4 is 0 Å². The van der Waals surface area contributed by atoms with Crippen LogP contribution in [0.2, 0.25) is 0 Å². The van der Waals surface area contributed by atoms with Crippen LogP contribution >= 0.6 is 0 Å². The Morgan fingerprint density at radius 3 is 2.54 bits per heavy atom. The molecular formula is C24H32O4. The highest BCUT2D eigenvalue weighted by atomic mass is 16.5. The summed E-state index contributed by atoms with van der Waals surface area (Å²) >= 11 is 0. The van der Waals surface area contributed by atoms with Crippen LogP contribution in [0.25, 0.3) is 0 Å². The Bertz CT molecular complexity index is 731. The summed E-state index contributed by atoms with van der Waals surface area (Å²) in [5.41, 5.74) is 1.51. The summed E-state index contributed by atoms with van der Waals surface area (Å²) in [5, 5.41) is 0. The number of ether oxygens (including phenoxy) is 2. The van der Waals surface area contributed by atoms with Crippen LogP contribution in [0.15, 0.2) is 11.6 Å². The van der Waals surface area contributed by atoms with E-state index in [0.717, 1.165) is 32.1 Å². The van der Waals surface area contributed by atoms with Crippen molar-refractivity contribution in [3.05, 3.63) is 11.6 Å². The Labute approximate surface area is 168 Å². The maximum absolute atomic E-state index is 11.7. The average molecular weight is 385 g/mol. The molecule has 8 unspecified atom stereocenters. The fraction of sp³-hybridized carbons (Fsp3) is 0.750. The SMILES string of the molecule is C#CC1CC2C3CCC4=CC(OC(C)=O)CCC4C3CCC2(C)C1OC(C)=O. The van der Waals surface area contributed by atoms with Gasteiger partial charge in [0.1, 0.15) is 12.2 Å². The minimum Gasteiger partial charge on any atom is -0.461 e. The Hall–Kier alpha value is -1.76. The van der Waals surface area contributed by atoms with Gasteiger partial charge in [0.15, 0.2) is 0 Å². The van der Waals surface area contributed by atoms with Crippen molar-refractivity contribution in [3.63, 3.8) is 0 Å². The fourth-order valence-corrected chi connectivity index (χ4v) is 7.16. The molecule has 0 saturated heterocycles. The van der Waals surface area contributed by atoms with Gasteiger partial charge in [0.25, 0.3) is 0 Å². The van der Waals surface area contributed by atoms with Crippen molar-refractivity contribution < 1.29 is 19.1 Å². The highest BCUT2D eigenvalue weighted by Crippen LogP contribution is 2.63. The zero-order valence-corrected chi connectivity index (χ0v) is 17.3. The molecule has 3 fully saturated rings. The van der Waals surface area contributed by atoms with Crippen molar-refractivity contribution in [3.8, 4) is 12.3 Å². The topological polar surface area (TPSA) is 52.6 Å². The highest BCUT2D eigenvalue weighted by Gasteiger charge is 2.60. The third kappa shape index (κ3) is 3.17. The fourth-order valence-electron chi connectivity index (χ4n) is 7.16. The van der Waals surface area contributed by atoms with Gasteiger partial charge in [-0.1, -0.05) is 18.4 Å². The molecule has 0 radical (unpaired) electrons. The Morgan fingerprint density at radius 2 is 1.86 bits per heavy atom. The molecule has 0 bridgehead atoms. The van der Waals surface area contributed by atoms with E-state index in [4.69, 9.17) is 15.9 Å². The van der Waals surface area contributed by atoms with Gasteiger partial charge in [-0.3, -0.25) is 9.59 Å². The average Bonchev–Trinajstić information content (AvgIpc) is 2.92. The predicted molar refractivity (Wildman–Crippen MR) is 106 cm³/mol. The second-order valence-electron chi connectivity index (χ2n) is 9.63. The van der Waals surface area contributed by atoms with Crippen LogP contribution in [0.5, 0.6) is 0 Å². The molecule has 0 aromatic heterocycles. The third-order valence-corrected chi connectivity index (χ3v) is 8.20. The monoisotopic (exact) mass is 384 g/mol. The van der Waals surface area contributed by atoms with E-state index in [9.17, 15) is 9.59 Å². The minimum absolute atomic E-state index is 0.0000337. The number of hydrogen-bond acceptors (Lipinski definition) is 4. The number of hydrogen-bond donors (Lipinski definition) is 0. The zero-order chi connectivity index (χ0) is 20.1. The van der Waals surface area contributed by atoms with Crippen LogP contribution in [0.3, 0.4) is 0 Å². The number of allylic oxidation sites excluding steroid dienone is 1. The molecule has 152 valence electrons. The van der Waals surface area contributed by atoms with Crippen LogP contribution in [0.4, 0.5) is 0 Å². The Morgan fingerprint density at radius 1 is 1.11 bits per heavy atom. The normalized spacial score (nSPS) is 44.2. The highest BCUT2D eigenvalue weighted by molar-refractivity contribution is 5.66. The molecule has 0 aromatic rings. The van der Waals surface area contributed by atoms with Gasteiger partial charge in [0.05, 0.1) is 5.92 Å². The first-order valence-electron chi connectivity index (χ1n) is 10.8.